The van der Waals surface area contributed by atoms with Crippen molar-refractivity contribution in [3.05, 3.63) is 0 Å². The molecule has 17 heavy (non-hydrogen) atoms. The molecule has 2 heteroatoms. The van der Waals surface area contributed by atoms with Gasteiger partial charge in [0.1, 0.15) is 0 Å². The minimum atomic E-state index is 0.679. The Balaban J connectivity index is 2.37. The first-order valence-corrected chi connectivity index (χ1v) is 7.41. The SMILES string of the molecule is CC(C)CCCN1CC(C)N(C(C)C)C(C)C1. The van der Waals surface area contributed by atoms with Crippen molar-refractivity contribution in [2.75, 3.05) is 19.6 Å². The lowest BCUT2D eigenvalue weighted by Crippen LogP contribution is -2.58. The maximum Gasteiger partial charge on any atom is 0.0200 e. The van der Waals surface area contributed by atoms with E-state index in [0.717, 1.165) is 5.92 Å². The largest absolute Gasteiger partial charge is 0.300 e. The normalized spacial score (nSPS) is 28.2. The number of rotatable bonds is 5. The molecule has 102 valence electrons. The lowest BCUT2D eigenvalue weighted by Gasteiger charge is -2.46. The van der Waals surface area contributed by atoms with Crippen molar-refractivity contribution in [2.24, 2.45) is 5.92 Å². The molecular weight excluding hydrogens is 208 g/mol. The molecule has 0 saturated carbocycles. The monoisotopic (exact) mass is 240 g/mol. The number of hydrogen-bond donors (Lipinski definition) is 0. The third kappa shape index (κ3) is 4.59. The van der Waals surface area contributed by atoms with Gasteiger partial charge in [0.2, 0.25) is 0 Å². The lowest BCUT2D eigenvalue weighted by molar-refractivity contribution is 0.0158. The van der Waals surface area contributed by atoms with Gasteiger partial charge in [0.25, 0.3) is 0 Å². The zero-order chi connectivity index (χ0) is 13.0. The van der Waals surface area contributed by atoms with Crippen LogP contribution in [0.5, 0.6) is 0 Å². The van der Waals surface area contributed by atoms with E-state index in [1.165, 1.54) is 32.5 Å². The van der Waals surface area contributed by atoms with Gasteiger partial charge in [-0.3, -0.25) is 4.90 Å². The van der Waals surface area contributed by atoms with Gasteiger partial charge in [-0.05, 0) is 53.0 Å². The predicted molar refractivity (Wildman–Crippen MR) is 76.4 cm³/mol. The highest BCUT2D eigenvalue weighted by atomic mass is 15.3. The summed E-state index contributed by atoms with van der Waals surface area (Å²) in [5.74, 6) is 0.849. The Morgan fingerprint density at radius 3 is 1.94 bits per heavy atom. The quantitative estimate of drug-likeness (QED) is 0.728. The van der Waals surface area contributed by atoms with Gasteiger partial charge in [-0.15, -0.1) is 0 Å². The Morgan fingerprint density at radius 2 is 1.53 bits per heavy atom. The van der Waals surface area contributed by atoms with Crippen LogP contribution in [0.15, 0.2) is 0 Å². The summed E-state index contributed by atoms with van der Waals surface area (Å²) in [5.41, 5.74) is 0. The summed E-state index contributed by atoms with van der Waals surface area (Å²) in [7, 11) is 0. The van der Waals surface area contributed by atoms with Crippen LogP contribution in [0.2, 0.25) is 0 Å². The smallest absolute Gasteiger partial charge is 0.0200 e. The Hall–Kier alpha value is -0.0800. The van der Waals surface area contributed by atoms with Crippen molar-refractivity contribution in [1.29, 1.82) is 0 Å². The van der Waals surface area contributed by atoms with Crippen LogP contribution in [0.25, 0.3) is 0 Å². The molecule has 1 saturated heterocycles. The highest BCUT2D eigenvalue weighted by Crippen LogP contribution is 2.19. The molecule has 0 amide bonds. The zero-order valence-corrected chi connectivity index (χ0v) is 12.7. The summed E-state index contributed by atoms with van der Waals surface area (Å²) in [4.78, 5) is 5.33. The zero-order valence-electron chi connectivity index (χ0n) is 12.7. The van der Waals surface area contributed by atoms with E-state index >= 15 is 0 Å². The van der Waals surface area contributed by atoms with E-state index in [1.807, 2.05) is 0 Å². The highest BCUT2D eigenvalue weighted by molar-refractivity contribution is 4.86. The van der Waals surface area contributed by atoms with Crippen LogP contribution < -0.4 is 0 Å². The molecule has 1 fully saturated rings. The molecule has 1 heterocycles. The van der Waals surface area contributed by atoms with E-state index in [9.17, 15) is 0 Å². The molecule has 0 spiro atoms. The van der Waals surface area contributed by atoms with Gasteiger partial charge < -0.3 is 4.90 Å². The van der Waals surface area contributed by atoms with E-state index in [-0.39, 0.29) is 0 Å². The molecule has 0 aromatic rings. The Labute approximate surface area is 108 Å². The van der Waals surface area contributed by atoms with Crippen LogP contribution in [-0.4, -0.2) is 47.6 Å². The van der Waals surface area contributed by atoms with Crippen molar-refractivity contribution >= 4 is 0 Å². The lowest BCUT2D eigenvalue weighted by atomic mass is 10.0. The predicted octanol–water partition coefficient (Wildman–Crippen LogP) is 3.23. The van der Waals surface area contributed by atoms with Gasteiger partial charge in [0.15, 0.2) is 0 Å². The van der Waals surface area contributed by atoms with Crippen LogP contribution >= 0.6 is 0 Å². The maximum atomic E-state index is 2.67. The molecule has 0 aromatic carbocycles. The van der Waals surface area contributed by atoms with Crippen LogP contribution in [-0.2, 0) is 0 Å². The van der Waals surface area contributed by atoms with E-state index in [2.05, 4.69) is 51.3 Å². The molecule has 2 unspecified atom stereocenters. The third-order valence-electron chi connectivity index (χ3n) is 3.91. The molecule has 0 aliphatic carbocycles. The molecule has 1 aliphatic heterocycles. The molecule has 0 aromatic heterocycles. The van der Waals surface area contributed by atoms with Crippen molar-refractivity contribution in [1.82, 2.24) is 9.80 Å². The third-order valence-corrected chi connectivity index (χ3v) is 3.91. The average Bonchev–Trinajstić information content (AvgIpc) is 2.14. The van der Waals surface area contributed by atoms with Crippen LogP contribution in [0.3, 0.4) is 0 Å². The van der Waals surface area contributed by atoms with Gasteiger partial charge in [-0.2, -0.15) is 0 Å². The van der Waals surface area contributed by atoms with E-state index in [1.54, 1.807) is 0 Å². The summed E-state index contributed by atoms with van der Waals surface area (Å²) >= 11 is 0. The second kappa shape index (κ2) is 6.75. The van der Waals surface area contributed by atoms with Crippen molar-refractivity contribution in [3.63, 3.8) is 0 Å². The van der Waals surface area contributed by atoms with Crippen molar-refractivity contribution in [3.8, 4) is 0 Å². The second-order valence-corrected chi connectivity index (χ2v) is 6.53. The average molecular weight is 240 g/mol. The fourth-order valence-electron chi connectivity index (χ4n) is 3.37. The van der Waals surface area contributed by atoms with Gasteiger partial charge >= 0.3 is 0 Å². The first-order chi connectivity index (χ1) is 7.91. The topological polar surface area (TPSA) is 6.48 Å². The molecule has 2 atom stereocenters. The van der Waals surface area contributed by atoms with E-state index in [4.69, 9.17) is 0 Å². The standard InChI is InChI=1S/C15H32N2/c1-12(2)8-7-9-16-10-14(5)17(13(3)4)15(6)11-16/h12-15H,7-11H2,1-6H3. The van der Waals surface area contributed by atoms with Gasteiger partial charge in [-0.25, -0.2) is 0 Å². The summed E-state index contributed by atoms with van der Waals surface area (Å²) in [6, 6.07) is 2.09. The molecule has 2 nitrogen and oxygen atoms in total. The Bertz CT molecular complexity index is 201. The molecule has 1 rings (SSSR count). The van der Waals surface area contributed by atoms with E-state index in [0.29, 0.717) is 18.1 Å². The summed E-state index contributed by atoms with van der Waals surface area (Å²) in [6.45, 7) is 17.8. The Morgan fingerprint density at radius 1 is 1.00 bits per heavy atom. The van der Waals surface area contributed by atoms with Crippen LogP contribution in [0, 0.1) is 5.92 Å². The first-order valence-electron chi connectivity index (χ1n) is 7.41. The molecule has 0 radical (unpaired) electrons. The minimum absolute atomic E-state index is 0.679. The fraction of sp³-hybridized carbons (Fsp3) is 1.00. The van der Waals surface area contributed by atoms with Crippen molar-refractivity contribution in [2.45, 2.75) is 72.5 Å². The molecule has 0 N–H and O–H groups in total. The molecular formula is C15H32N2. The Kier molecular flexibility index (Phi) is 5.94. The van der Waals surface area contributed by atoms with Crippen LogP contribution in [0.1, 0.15) is 54.4 Å². The van der Waals surface area contributed by atoms with Crippen LogP contribution in [0.4, 0.5) is 0 Å². The minimum Gasteiger partial charge on any atom is -0.300 e. The number of nitrogens with zero attached hydrogens (tertiary/aromatic N) is 2. The van der Waals surface area contributed by atoms with Gasteiger partial charge in [0, 0.05) is 31.2 Å². The summed E-state index contributed by atoms with van der Waals surface area (Å²) in [6.07, 6.45) is 2.73. The summed E-state index contributed by atoms with van der Waals surface area (Å²) < 4.78 is 0. The first kappa shape index (κ1) is 15.0. The van der Waals surface area contributed by atoms with Gasteiger partial charge in [0.05, 0.1) is 0 Å². The fourth-order valence-corrected chi connectivity index (χ4v) is 3.37. The number of hydrogen-bond acceptors (Lipinski definition) is 2. The number of piperazine rings is 1. The second-order valence-electron chi connectivity index (χ2n) is 6.53. The molecule has 0 bridgehead atoms. The molecule has 1 aliphatic rings. The van der Waals surface area contributed by atoms with Gasteiger partial charge in [-0.1, -0.05) is 13.8 Å². The van der Waals surface area contributed by atoms with Crippen molar-refractivity contribution < 1.29 is 0 Å². The maximum absolute atomic E-state index is 2.67. The van der Waals surface area contributed by atoms with E-state index < -0.39 is 0 Å². The summed E-state index contributed by atoms with van der Waals surface area (Å²) in [5, 5.41) is 0. The highest BCUT2D eigenvalue weighted by Gasteiger charge is 2.30.